The van der Waals surface area contributed by atoms with Gasteiger partial charge in [-0.15, -0.1) is 0 Å². The van der Waals surface area contributed by atoms with Crippen LogP contribution in [-0.4, -0.2) is 40.4 Å². The number of aryl methyl sites for hydroxylation is 2. The third-order valence-corrected chi connectivity index (χ3v) is 4.77. The summed E-state index contributed by atoms with van der Waals surface area (Å²) in [5.41, 5.74) is 2.46. The number of hydrogen-bond donors (Lipinski definition) is 1. The minimum Gasteiger partial charge on any atom is -0.311 e. The average molecular weight is 329 g/mol. The first kappa shape index (κ1) is 15.0. The fraction of sp³-hybridized carbons (Fsp3) is 0.786. The molecule has 1 atom stereocenters. The van der Waals surface area contributed by atoms with Crippen molar-refractivity contribution in [1.82, 2.24) is 20.0 Å². The molecule has 1 unspecified atom stereocenters. The third-order valence-electron chi connectivity index (χ3n) is 3.85. The molecule has 0 spiro atoms. The molecular weight excluding hydrogens is 304 g/mol. The van der Waals surface area contributed by atoms with Gasteiger partial charge >= 0.3 is 0 Å². The topological polar surface area (TPSA) is 33.1 Å². The first-order valence-corrected chi connectivity index (χ1v) is 8.11. The molecular formula is C14H25BrN4. The van der Waals surface area contributed by atoms with Crippen LogP contribution < -0.4 is 5.32 Å². The van der Waals surface area contributed by atoms with Crippen LogP contribution in [0.25, 0.3) is 0 Å². The van der Waals surface area contributed by atoms with Gasteiger partial charge in [-0.1, -0.05) is 20.3 Å². The highest BCUT2D eigenvalue weighted by Crippen LogP contribution is 2.23. The lowest BCUT2D eigenvalue weighted by Crippen LogP contribution is -2.50. The maximum Gasteiger partial charge on any atom is 0.0767 e. The maximum atomic E-state index is 4.58. The molecule has 0 amide bonds. The number of aromatic nitrogens is 2. The quantitative estimate of drug-likeness (QED) is 0.900. The highest BCUT2D eigenvalue weighted by atomic mass is 79.9. The van der Waals surface area contributed by atoms with Crippen LogP contribution in [0.15, 0.2) is 4.47 Å². The predicted molar refractivity (Wildman–Crippen MR) is 82.3 cm³/mol. The van der Waals surface area contributed by atoms with Crippen LogP contribution >= 0.6 is 15.9 Å². The van der Waals surface area contributed by atoms with Gasteiger partial charge in [-0.05, 0) is 28.8 Å². The zero-order chi connectivity index (χ0) is 13.8. The zero-order valence-corrected chi connectivity index (χ0v) is 13.8. The van der Waals surface area contributed by atoms with E-state index in [1.807, 2.05) is 11.7 Å². The van der Waals surface area contributed by atoms with Gasteiger partial charge in [0.05, 0.1) is 15.9 Å². The molecule has 4 nitrogen and oxygen atoms in total. The van der Waals surface area contributed by atoms with Crippen molar-refractivity contribution in [2.75, 3.05) is 19.6 Å². The number of piperazine rings is 1. The SMILES string of the molecule is CCCC1CN(Cc2c(Br)c(CC)nn2C)CCN1. The monoisotopic (exact) mass is 328 g/mol. The highest BCUT2D eigenvalue weighted by molar-refractivity contribution is 9.10. The van der Waals surface area contributed by atoms with E-state index in [0.29, 0.717) is 6.04 Å². The van der Waals surface area contributed by atoms with Crippen molar-refractivity contribution in [3.05, 3.63) is 15.9 Å². The molecule has 0 aliphatic carbocycles. The lowest BCUT2D eigenvalue weighted by atomic mass is 10.1. The summed E-state index contributed by atoms with van der Waals surface area (Å²) in [5, 5.41) is 8.18. The molecule has 0 bridgehead atoms. The Balaban J connectivity index is 2.02. The Labute approximate surface area is 124 Å². The van der Waals surface area contributed by atoms with Crippen LogP contribution in [0.5, 0.6) is 0 Å². The van der Waals surface area contributed by atoms with E-state index in [4.69, 9.17) is 0 Å². The van der Waals surface area contributed by atoms with Gasteiger partial charge in [-0.2, -0.15) is 5.10 Å². The van der Waals surface area contributed by atoms with E-state index in [1.165, 1.54) is 23.0 Å². The normalized spacial score (nSPS) is 20.9. The van der Waals surface area contributed by atoms with E-state index in [2.05, 4.69) is 45.1 Å². The molecule has 1 N–H and O–H groups in total. The fourth-order valence-corrected chi connectivity index (χ4v) is 3.52. The summed E-state index contributed by atoms with van der Waals surface area (Å²) in [7, 11) is 2.05. The summed E-state index contributed by atoms with van der Waals surface area (Å²) in [6.07, 6.45) is 3.50. The van der Waals surface area contributed by atoms with Gasteiger partial charge in [0.15, 0.2) is 0 Å². The molecule has 5 heteroatoms. The van der Waals surface area contributed by atoms with E-state index < -0.39 is 0 Å². The van der Waals surface area contributed by atoms with Gasteiger partial charge in [0, 0.05) is 39.3 Å². The van der Waals surface area contributed by atoms with Crippen LogP contribution in [0, 0.1) is 0 Å². The van der Waals surface area contributed by atoms with Crippen LogP contribution in [-0.2, 0) is 20.0 Å². The van der Waals surface area contributed by atoms with Crippen LogP contribution in [0.1, 0.15) is 38.1 Å². The van der Waals surface area contributed by atoms with Gasteiger partial charge < -0.3 is 5.32 Å². The fourth-order valence-electron chi connectivity index (χ4n) is 2.78. The minimum atomic E-state index is 0.649. The molecule has 1 aliphatic rings. The van der Waals surface area contributed by atoms with Gasteiger partial charge in [0.2, 0.25) is 0 Å². The molecule has 2 heterocycles. The molecule has 1 fully saturated rings. The molecule has 0 radical (unpaired) electrons. The van der Waals surface area contributed by atoms with Crippen LogP contribution in [0.3, 0.4) is 0 Å². The van der Waals surface area contributed by atoms with Gasteiger partial charge in [0.25, 0.3) is 0 Å². The second kappa shape index (κ2) is 6.86. The van der Waals surface area contributed by atoms with Crippen molar-refractivity contribution in [3.63, 3.8) is 0 Å². The average Bonchev–Trinajstić information content (AvgIpc) is 2.67. The van der Waals surface area contributed by atoms with Gasteiger partial charge in [-0.3, -0.25) is 9.58 Å². The maximum absolute atomic E-state index is 4.58. The second-order valence-corrected chi connectivity index (χ2v) is 6.15. The lowest BCUT2D eigenvalue weighted by Gasteiger charge is -2.33. The lowest BCUT2D eigenvalue weighted by molar-refractivity contribution is 0.182. The number of hydrogen-bond acceptors (Lipinski definition) is 3. The molecule has 19 heavy (non-hydrogen) atoms. The first-order chi connectivity index (χ1) is 9.15. The smallest absolute Gasteiger partial charge is 0.0767 e. The van der Waals surface area contributed by atoms with Crippen LogP contribution in [0.2, 0.25) is 0 Å². The molecule has 108 valence electrons. The molecule has 1 aromatic rings. The molecule has 1 aliphatic heterocycles. The second-order valence-electron chi connectivity index (χ2n) is 5.36. The summed E-state index contributed by atoms with van der Waals surface area (Å²) in [6, 6.07) is 0.649. The van der Waals surface area contributed by atoms with Crippen molar-refractivity contribution in [3.8, 4) is 0 Å². The molecule has 2 rings (SSSR count). The Hall–Kier alpha value is -0.390. The van der Waals surface area contributed by atoms with Crippen molar-refractivity contribution in [1.29, 1.82) is 0 Å². The van der Waals surface area contributed by atoms with Crippen molar-refractivity contribution < 1.29 is 0 Å². The number of nitrogens with zero attached hydrogens (tertiary/aromatic N) is 3. The Morgan fingerprint density at radius 3 is 2.84 bits per heavy atom. The van der Waals surface area contributed by atoms with Gasteiger partial charge in [0.1, 0.15) is 0 Å². The predicted octanol–water partition coefficient (Wildman–Crippen LogP) is 2.32. The Kier molecular flexibility index (Phi) is 5.42. The molecule has 0 aromatic carbocycles. The molecule has 0 saturated carbocycles. The third kappa shape index (κ3) is 3.58. The minimum absolute atomic E-state index is 0.649. The summed E-state index contributed by atoms with van der Waals surface area (Å²) in [6.45, 7) is 8.77. The summed E-state index contributed by atoms with van der Waals surface area (Å²) in [5.74, 6) is 0. The summed E-state index contributed by atoms with van der Waals surface area (Å²) < 4.78 is 3.22. The van der Waals surface area contributed by atoms with Gasteiger partial charge in [-0.25, -0.2) is 0 Å². The summed E-state index contributed by atoms with van der Waals surface area (Å²) >= 11 is 3.71. The largest absolute Gasteiger partial charge is 0.311 e. The van der Waals surface area contributed by atoms with Crippen molar-refractivity contribution in [2.24, 2.45) is 7.05 Å². The first-order valence-electron chi connectivity index (χ1n) is 7.31. The zero-order valence-electron chi connectivity index (χ0n) is 12.2. The van der Waals surface area contributed by atoms with Crippen LogP contribution in [0.4, 0.5) is 0 Å². The van der Waals surface area contributed by atoms with E-state index in [1.54, 1.807) is 0 Å². The van der Waals surface area contributed by atoms with E-state index in [-0.39, 0.29) is 0 Å². The highest BCUT2D eigenvalue weighted by Gasteiger charge is 2.21. The molecule has 1 saturated heterocycles. The summed E-state index contributed by atoms with van der Waals surface area (Å²) in [4.78, 5) is 2.54. The Morgan fingerprint density at radius 1 is 1.42 bits per heavy atom. The molecule has 1 aromatic heterocycles. The number of halogens is 1. The van der Waals surface area contributed by atoms with Crippen molar-refractivity contribution >= 4 is 15.9 Å². The van der Waals surface area contributed by atoms with E-state index in [9.17, 15) is 0 Å². The number of nitrogens with one attached hydrogen (secondary N) is 1. The van der Waals surface area contributed by atoms with Crippen molar-refractivity contribution in [2.45, 2.75) is 45.7 Å². The Morgan fingerprint density at radius 2 is 2.21 bits per heavy atom. The Bertz CT molecular complexity index is 414. The number of rotatable bonds is 5. The van der Waals surface area contributed by atoms with E-state index in [0.717, 1.165) is 38.3 Å². The van der Waals surface area contributed by atoms with E-state index >= 15 is 0 Å². The standard InChI is InChI=1S/C14H25BrN4/c1-4-6-11-9-19(8-7-16-11)10-13-14(15)12(5-2)17-18(13)3/h11,16H,4-10H2,1-3H3.